The lowest BCUT2D eigenvalue weighted by Gasteiger charge is -2.42. The molecule has 1 fully saturated rings. The quantitative estimate of drug-likeness (QED) is 0.407. The van der Waals surface area contributed by atoms with Crippen molar-refractivity contribution in [2.24, 2.45) is 0 Å². The summed E-state index contributed by atoms with van der Waals surface area (Å²) in [4.78, 5) is 65.8. The van der Waals surface area contributed by atoms with Crippen LogP contribution in [-0.2, 0) is 19.1 Å². The second-order valence-electron chi connectivity index (χ2n) is 11.2. The van der Waals surface area contributed by atoms with Crippen molar-refractivity contribution in [3.05, 3.63) is 83.2 Å². The van der Waals surface area contributed by atoms with E-state index >= 15 is 0 Å². The van der Waals surface area contributed by atoms with E-state index in [0.29, 0.717) is 17.2 Å². The molecular weight excluding hydrogens is 574 g/mol. The number of anilines is 2. The van der Waals surface area contributed by atoms with Gasteiger partial charge in [0.25, 0.3) is 5.91 Å². The Balaban J connectivity index is 1.93. The number of rotatable bonds is 6. The third-order valence-electron chi connectivity index (χ3n) is 6.70. The van der Waals surface area contributed by atoms with E-state index in [1.807, 2.05) is 6.07 Å². The maximum atomic E-state index is 14.7. The number of benzene rings is 2. The zero-order valence-corrected chi connectivity index (χ0v) is 24.7. The second kappa shape index (κ2) is 12.5. The smallest absolute Gasteiger partial charge is 0.410 e. The summed E-state index contributed by atoms with van der Waals surface area (Å²) in [5.41, 5.74) is -0.354. The molecule has 2 heterocycles. The summed E-state index contributed by atoms with van der Waals surface area (Å²) in [7, 11) is 0. The molecule has 11 nitrogen and oxygen atoms in total. The molecule has 2 aromatic carbocycles. The number of hydrogen-bond donors (Lipinski definition) is 0. The van der Waals surface area contributed by atoms with Crippen molar-refractivity contribution in [1.29, 1.82) is 5.26 Å². The van der Waals surface area contributed by atoms with Crippen LogP contribution in [0, 0.1) is 29.9 Å². The SMILES string of the molecule is CC(=O)C(c1ccccc1C)N(C(=O)[C@@H]1CN(C(=O)OC(C)(C)C)CC(=O)N1c1nccc(C#N)n1)c1cc(F)cc(F)c1. The van der Waals surface area contributed by atoms with Crippen molar-refractivity contribution in [3.8, 4) is 6.07 Å². The maximum Gasteiger partial charge on any atom is 0.410 e. The van der Waals surface area contributed by atoms with Gasteiger partial charge in [0.2, 0.25) is 11.9 Å². The largest absolute Gasteiger partial charge is 0.444 e. The average molecular weight is 605 g/mol. The van der Waals surface area contributed by atoms with Crippen LogP contribution >= 0.6 is 0 Å². The van der Waals surface area contributed by atoms with E-state index in [4.69, 9.17) is 4.74 Å². The van der Waals surface area contributed by atoms with E-state index in [1.165, 1.54) is 19.2 Å². The lowest BCUT2D eigenvalue weighted by molar-refractivity contribution is -0.130. The topological polar surface area (TPSA) is 137 Å². The molecule has 228 valence electrons. The van der Waals surface area contributed by atoms with Gasteiger partial charge in [-0.05, 0) is 63.9 Å². The van der Waals surface area contributed by atoms with Crippen molar-refractivity contribution >= 4 is 35.3 Å². The molecule has 3 amide bonds. The molecule has 0 N–H and O–H groups in total. The standard InChI is InChI=1S/C31H30F2N6O5/c1-18-8-6-7-9-24(18)27(19(2)40)38(23-13-20(32)12-21(33)14-23)28(42)25-16-37(30(43)44-31(3,4)5)17-26(41)39(25)29-35-11-10-22(15-34)36-29/h6-14,25,27H,16-17H2,1-5H3/t25-,27?/m0/s1. The summed E-state index contributed by atoms with van der Waals surface area (Å²) < 4.78 is 34.7. The summed E-state index contributed by atoms with van der Waals surface area (Å²) in [6.07, 6.45) is 0.335. The van der Waals surface area contributed by atoms with Gasteiger partial charge in [-0.2, -0.15) is 5.26 Å². The van der Waals surface area contributed by atoms with Gasteiger partial charge in [0.1, 0.15) is 47.6 Å². The molecule has 1 aliphatic heterocycles. The van der Waals surface area contributed by atoms with Gasteiger partial charge < -0.3 is 4.74 Å². The van der Waals surface area contributed by atoms with E-state index in [1.54, 1.807) is 52.0 Å². The first-order valence-corrected chi connectivity index (χ1v) is 13.6. The zero-order chi connectivity index (χ0) is 32.3. The van der Waals surface area contributed by atoms with E-state index in [-0.39, 0.29) is 17.3 Å². The van der Waals surface area contributed by atoms with E-state index < -0.39 is 66.1 Å². The molecule has 4 rings (SSSR count). The fraction of sp³-hybridized carbons (Fsp3) is 0.323. The Kier molecular flexibility index (Phi) is 9.03. The van der Waals surface area contributed by atoms with Crippen molar-refractivity contribution in [3.63, 3.8) is 0 Å². The summed E-state index contributed by atoms with van der Waals surface area (Å²) in [5, 5.41) is 9.40. The van der Waals surface area contributed by atoms with Crippen molar-refractivity contribution < 1.29 is 32.7 Å². The van der Waals surface area contributed by atoms with Crippen molar-refractivity contribution in [1.82, 2.24) is 14.9 Å². The van der Waals surface area contributed by atoms with Gasteiger partial charge >= 0.3 is 6.09 Å². The number of ketones is 1. The summed E-state index contributed by atoms with van der Waals surface area (Å²) in [6.45, 7) is 6.85. The molecular formula is C31H30F2N6O5. The molecule has 3 aromatic rings. The molecule has 1 aromatic heterocycles. The van der Waals surface area contributed by atoms with Crippen LogP contribution in [0.3, 0.4) is 0 Å². The number of nitrogens with zero attached hydrogens (tertiary/aromatic N) is 6. The van der Waals surface area contributed by atoms with Gasteiger partial charge in [0, 0.05) is 12.3 Å². The van der Waals surface area contributed by atoms with Gasteiger partial charge in [0.15, 0.2) is 5.78 Å². The van der Waals surface area contributed by atoms with Crippen LogP contribution in [0.1, 0.15) is 50.6 Å². The van der Waals surface area contributed by atoms with Crippen molar-refractivity contribution in [2.45, 2.75) is 52.3 Å². The molecule has 44 heavy (non-hydrogen) atoms. The highest BCUT2D eigenvalue weighted by Crippen LogP contribution is 2.34. The van der Waals surface area contributed by atoms with Crippen LogP contribution in [0.15, 0.2) is 54.7 Å². The number of nitriles is 1. The summed E-state index contributed by atoms with van der Waals surface area (Å²) in [5.74, 6) is -4.64. The highest BCUT2D eigenvalue weighted by Gasteiger charge is 2.46. The lowest BCUT2D eigenvalue weighted by atomic mass is 9.95. The fourth-order valence-corrected chi connectivity index (χ4v) is 4.88. The number of amides is 3. The predicted octanol–water partition coefficient (Wildman–Crippen LogP) is 4.25. The first-order chi connectivity index (χ1) is 20.7. The Morgan fingerprint density at radius 1 is 1.11 bits per heavy atom. The van der Waals surface area contributed by atoms with Gasteiger partial charge in [-0.15, -0.1) is 0 Å². The minimum atomic E-state index is -1.60. The number of halogens is 2. The zero-order valence-electron chi connectivity index (χ0n) is 24.7. The second-order valence-corrected chi connectivity index (χ2v) is 11.2. The molecule has 0 bridgehead atoms. The van der Waals surface area contributed by atoms with Gasteiger partial charge in [-0.3, -0.25) is 29.1 Å². The molecule has 0 radical (unpaired) electrons. The number of carbonyl (C=O) groups is 4. The number of aryl methyl sites for hydroxylation is 1. The Labute approximate surface area is 252 Å². The van der Waals surface area contributed by atoms with E-state index in [9.17, 15) is 33.2 Å². The number of aromatic nitrogens is 2. The molecule has 0 saturated carbocycles. The molecule has 1 unspecified atom stereocenters. The normalized spacial score (nSPS) is 15.8. The Hall–Kier alpha value is -5.25. The minimum Gasteiger partial charge on any atom is -0.444 e. The number of ether oxygens (including phenoxy) is 1. The third-order valence-corrected chi connectivity index (χ3v) is 6.70. The number of piperazine rings is 1. The Bertz CT molecular complexity index is 1650. The maximum absolute atomic E-state index is 14.7. The van der Waals surface area contributed by atoms with Crippen LogP contribution in [0.5, 0.6) is 0 Å². The Morgan fingerprint density at radius 3 is 2.36 bits per heavy atom. The molecule has 1 aliphatic rings. The van der Waals surface area contributed by atoms with Crippen LogP contribution in [-0.4, -0.2) is 63.3 Å². The minimum absolute atomic E-state index is 0.103. The lowest BCUT2D eigenvalue weighted by Crippen LogP contribution is -2.64. The van der Waals surface area contributed by atoms with Gasteiger partial charge in [-0.1, -0.05) is 24.3 Å². The highest BCUT2D eigenvalue weighted by molar-refractivity contribution is 6.10. The first-order valence-electron chi connectivity index (χ1n) is 13.6. The summed E-state index contributed by atoms with van der Waals surface area (Å²) >= 11 is 0. The average Bonchev–Trinajstić information content (AvgIpc) is 2.94. The molecule has 0 aliphatic carbocycles. The van der Waals surface area contributed by atoms with E-state index in [0.717, 1.165) is 26.8 Å². The first kappa shape index (κ1) is 31.7. The summed E-state index contributed by atoms with van der Waals surface area (Å²) in [6, 6.07) is 9.24. The fourth-order valence-electron chi connectivity index (χ4n) is 4.88. The van der Waals surface area contributed by atoms with E-state index in [2.05, 4.69) is 9.97 Å². The van der Waals surface area contributed by atoms with Gasteiger partial charge in [-0.25, -0.2) is 23.5 Å². The van der Waals surface area contributed by atoms with Crippen molar-refractivity contribution in [2.75, 3.05) is 22.9 Å². The van der Waals surface area contributed by atoms with Crippen LogP contribution < -0.4 is 9.80 Å². The van der Waals surface area contributed by atoms with Crippen LogP contribution in [0.4, 0.5) is 25.2 Å². The predicted molar refractivity (Wildman–Crippen MR) is 154 cm³/mol. The molecule has 2 atom stereocenters. The molecule has 1 saturated heterocycles. The number of carbonyl (C=O) groups excluding carboxylic acids is 4. The number of Topliss-reactive ketones (excluding diaryl/α,β-unsaturated/α-hetero) is 1. The molecule has 0 spiro atoms. The monoisotopic (exact) mass is 604 g/mol. The number of hydrogen-bond acceptors (Lipinski definition) is 8. The van der Waals surface area contributed by atoms with Crippen LogP contribution in [0.25, 0.3) is 0 Å². The van der Waals surface area contributed by atoms with Gasteiger partial charge in [0.05, 0.1) is 12.2 Å². The highest BCUT2D eigenvalue weighted by atomic mass is 19.1. The Morgan fingerprint density at radius 2 is 1.77 bits per heavy atom. The molecule has 13 heteroatoms. The van der Waals surface area contributed by atoms with Crippen LogP contribution in [0.2, 0.25) is 0 Å². The third kappa shape index (κ3) is 6.86.